The minimum absolute atomic E-state index is 0.0469. The highest BCUT2D eigenvalue weighted by Crippen LogP contribution is 2.36. The number of nitrogens with one attached hydrogen (secondary N) is 1. The van der Waals surface area contributed by atoms with Crippen LogP contribution in [0.2, 0.25) is 0 Å². The molecule has 2 rings (SSSR count). The number of ether oxygens (including phenoxy) is 1. The van der Waals surface area contributed by atoms with Gasteiger partial charge in [0, 0.05) is 17.4 Å². The minimum atomic E-state index is -0.396. The molecule has 0 saturated carbocycles. The summed E-state index contributed by atoms with van der Waals surface area (Å²) in [6.07, 6.45) is 5.96. The number of amides is 1. The van der Waals surface area contributed by atoms with Crippen LogP contribution < -0.4 is 5.32 Å². The summed E-state index contributed by atoms with van der Waals surface area (Å²) in [5, 5.41) is 5.40. The van der Waals surface area contributed by atoms with Gasteiger partial charge >= 0.3 is 5.97 Å². The number of esters is 1. The quantitative estimate of drug-likeness (QED) is 0.390. The Labute approximate surface area is 165 Å². The van der Waals surface area contributed by atoms with Crippen molar-refractivity contribution in [2.24, 2.45) is 0 Å². The van der Waals surface area contributed by atoms with Gasteiger partial charge < -0.3 is 10.1 Å². The van der Waals surface area contributed by atoms with Gasteiger partial charge in [0.05, 0.1) is 6.61 Å². The van der Waals surface area contributed by atoms with Crippen molar-refractivity contribution < 1.29 is 14.3 Å². The van der Waals surface area contributed by atoms with Crippen molar-refractivity contribution >= 4 is 28.2 Å². The highest BCUT2D eigenvalue weighted by molar-refractivity contribution is 7.15. The number of unbranched alkanes of at least 4 members (excludes halogenated alkanes) is 4. The van der Waals surface area contributed by atoms with E-state index in [-0.39, 0.29) is 5.91 Å². The van der Waals surface area contributed by atoms with Crippen LogP contribution in [0.3, 0.4) is 0 Å². The highest BCUT2D eigenvalue weighted by Gasteiger charge is 2.22. The van der Waals surface area contributed by atoms with Gasteiger partial charge in [-0.25, -0.2) is 4.79 Å². The number of aryl methyl sites for hydroxylation is 1. The molecule has 0 unspecified atom stereocenters. The molecule has 2 aromatic rings. The van der Waals surface area contributed by atoms with Gasteiger partial charge in [0.2, 0.25) is 5.91 Å². The molecular formula is C22H29NO3S. The van der Waals surface area contributed by atoms with E-state index < -0.39 is 5.97 Å². The molecular weight excluding hydrogens is 358 g/mol. The maximum Gasteiger partial charge on any atom is 0.341 e. The van der Waals surface area contributed by atoms with E-state index in [1.165, 1.54) is 24.2 Å². The Balaban J connectivity index is 2.14. The fourth-order valence-corrected chi connectivity index (χ4v) is 3.85. The average Bonchev–Trinajstić information content (AvgIpc) is 3.06. The van der Waals surface area contributed by atoms with E-state index in [9.17, 15) is 9.59 Å². The van der Waals surface area contributed by atoms with Crippen LogP contribution in [0.25, 0.3) is 11.1 Å². The number of anilines is 1. The standard InChI is InChI=1S/C22H29NO3S/c1-4-6-7-8-9-10-19(24)23-21-20(22(25)26-5-2)18(15-27-21)17-13-11-16(3)12-14-17/h11-15H,4-10H2,1-3H3,(H,23,24). The maximum absolute atomic E-state index is 12.5. The van der Waals surface area contributed by atoms with E-state index >= 15 is 0 Å². The smallest absolute Gasteiger partial charge is 0.341 e. The lowest BCUT2D eigenvalue weighted by Crippen LogP contribution is -2.14. The van der Waals surface area contributed by atoms with E-state index in [0.717, 1.165) is 36.0 Å². The lowest BCUT2D eigenvalue weighted by Gasteiger charge is -2.09. The monoisotopic (exact) mass is 387 g/mol. The van der Waals surface area contributed by atoms with Crippen molar-refractivity contribution in [1.82, 2.24) is 0 Å². The van der Waals surface area contributed by atoms with Gasteiger partial charge in [0.1, 0.15) is 10.6 Å². The molecule has 0 aliphatic heterocycles. The second-order valence-corrected chi connectivity index (χ2v) is 7.53. The van der Waals surface area contributed by atoms with Crippen molar-refractivity contribution in [2.75, 3.05) is 11.9 Å². The number of carbonyl (C=O) groups is 2. The molecule has 1 aromatic heterocycles. The zero-order valence-corrected chi connectivity index (χ0v) is 17.3. The molecule has 0 bridgehead atoms. The molecule has 0 aliphatic rings. The molecule has 1 N–H and O–H groups in total. The van der Waals surface area contributed by atoms with E-state index in [1.54, 1.807) is 6.92 Å². The van der Waals surface area contributed by atoms with Crippen LogP contribution in [0.15, 0.2) is 29.6 Å². The SMILES string of the molecule is CCCCCCCC(=O)Nc1scc(-c2ccc(C)cc2)c1C(=O)OCC. The van der Waals surface area contributed by atoms with Crippen LogP contribution in [0.5, 0.6) is 0 Å². The molecule has 4 nitrogen and oxygen atoms in total. The third-order valence-electron chi connectivity index (χ3n) is 4.39. The minimum Gasteiger partial charge on any atom is -0.462 e. The number of carbonyl (C=O) groups excluding carboxylic acids is 2. The van der Waals surface area contributed by atoms with Gasteiger partial charge in [-0.2, -0.15) is 0 Å². The second kappa shape index (κ2) is 10.9. The first-order chi connectivity index (χ1) is 13.1. The van der Waals surface area contributed by atoms with Crippen LogP contribution >= 0.6 is 11.3 Å². The summed E-state index contributed by atoms with van der Waals surface area (Å²) >= 11 is 1.37. The molecule has 0 radical (unpaired) electrons. The molecule has 1 amide bonds. The summed E-state index contributed by atoms with van der Waals surface area (Å²) in [6, 6.07) is 7.99. The third-order valence-corrected chi connectivity index (χ3v) is 5.29. The molecule has 0 aliphatic carbocycles. The van der Waals surface area contributed by atoms with Gasteiger partial charge in [-0.15, -0.1) is 11.3 Å². The molecule has 1 heterocycles. The van der Waals surface area contributed by atoms with Crippen LogP contribution in [0, 0.1) is 6.92 Å². The Kier molecular flexibility index (Phi) is 8.52. The summed E-state index contributed by atoms with van der Waals surface area (Å²) in [5.74, 6) is -0.443. The first-order valence-corrected chi connectivity index (χ1v) is 10.6. The first kappa shape index (κ1) is 21.2. The number of hydrogen-bond acceptors (Lipinski definition) is 4. The first-order valence-electron chi connectivity index (χ1n) is 9.72. The van der Waals surface area contributed by atoms with Crippen LogP contribution in [-0.4, -0.2) is 18.5 Å². The Morgan fingerprint density at radius 2 is 1.74 bits per heavy atom. The number of hydrogen-bond donors (Lipinski definition) is 1. The number of benzene rings is 1. The van der Waals surface area contributed by atoms with E-state index in [2.05, 4.69) is 12.2 Å². The lowest BCUT2D eigenvalue weighted by molar-refractivity contribution is -0.116. The number of rotatable bonds is 10. The Morgan fingerprint density at radius 1 is 1.04 bits per heavy atom. The highest BCUT2D eigenvalue weighted by atomic mass is 32.1. The zero-order valence-electron chi connectivity index (χ0n) is 16.5. The molecule has 0 saturated heterocycles. The third kappa shape index (κ3) is 6.21. The van der Waals surface area contributed by atoms with Crippen molar-refractivity contribution in [3.05, 3.63) is 40.8 Å². The molecule has 27 heavy (non-hydrogen) atoms. The summed E-state index contributed by atoms with van der Waals surface area (Å²) in [4.78, 5) is 24.8. The maximum atomic E-state index is 12.5. The van der Waals surface area contributed by atoms with E-state index in [0.29, 0.717) is 23.6 Å². The van der Waals surface area contributed by atoms with Gasteiger partial charge in [-0.3, -0.25) is 4.79 Å². The molecule has 0 atom stereocenters. The molecule has 0 fully saturated rings. The Hall–Kier alpha value is -2.14. The predicted molar refractivity (Wildman–Crippen MR) is 112 cm³/mol. The van der Waals surface area contributed by atoms with Gasteiger partial charge in [0.15, 0.2) is 0 Å². The topological polar surface area (TPSA) is 55.4 Å². The second-order valence-electron chi connectivity index (χ2n) is 6.65. The average molecular weight is 388 g/mol. The molecule has 1 aromatic carbocycles. The van der Waals surface area contributed by atoms with Crippen molar-refractivity contribution in [1.29, 1.82) is 0 Å². The van der Waals surface area contributed by atoms with Gasteiger partial charge in [-0.05, 0) is 25.8 Å². The zero-order chi connectivity index (χ0) is 19.6. The lowest BCUT2D eigenvalue weighted by atomic mass is 10.0. The summed E-state index contributed by atoms with van der Waals surface area (Å²) in [5.41, 5.74) is 3.35. The summed E-state index contributed by atoms with van der Waals surface area (Å²) in [7, 11) is 0. The number of thiophene rings is 1. The fourth-order valence-electron chi connectivity index (χ4n) is 2.88. The fraction of sp³-hybridized carbons (Fsp3) is 0.455. The summed E-state index contributed by atoms with van der Waals surface area (Å²) < 4.78 is 5.24. The van der Waals surface area contributed by atoms with Crippen molar-refractivity contribution in [3.8, 4) is 11.1 Å². The van der Waals surface area contributed by atoms with E-state index in [4.69, 9.17) is 4.74 Å². The van der Waals surface area contributed by atoms with Gasteiger partial charge in [-0.1, -0.05) is 62.4 Å². The summed E-state index contributed by atoms with van der Waals surface area (Å²) in [6.45, 7) is 6.28. The molecule has 0 spiro atoms. The normalized spacial score (nSPS) is 10.6. The van der Waals surface area contributed by atoms with Gasteiger partial charge in [0.25, 0.3) is 0 Å². The van der Waals surface area contributed by atoms with Crippen LogP contribution in [0.4, 0.5) is 5.00 Å². The predicted octanol–water partition coefficient (Wildman–Crippen LogP) is 6.20. The molecule has 5 heteroatoms. The van der Waals surface area contributed by atoms with E-state index in [1.807, 2.05) is 36.6 Å². The van der Waals surface area contributed by atoms with Crippen molar-refractivity contribution in [2.45, 2.75) is 59.3 Å². The Morgan fingerprint density at radius 3 is 2.41 bits per heavy atom. The largest absolute Gasteiger partial charge is 0.462 e. The molecule has 146 valence electrons. The van der Waals surface area contributed by atoms with Crippen LogP contribution in [0.1, 0.15) is 68.3 Å². The van der Waals surface area contributed by atoms with Crippen molar-refractivity contribution in [3.63, 3.8) is 0 Å². The van der Waals surface area contributed by atoms with Crippen LogP contribution in [-0.2, 0) is 9.53 Å². The Bertz CT molecular complexity index is 749.